The van der Waals surface area contributed by atoms with E-state index in [1.165, 1.54) is 6.07 Å². The third-order valence-electron chi connectivity index (χ3n) is 2.65. The molecule has 1 aromatic rings. The van der Waals surface area contributed by atoms with E-state index in [4.69, 9.17) is 0 Å². The van der Waals surface area contributed by atoms with Crippen LogP contribution < -0.4 is 5.32 Å². The van der Waals surface area contributed by atoms with Gasteiger partial charge in [-0.25, -0.2) is 4.39 Å². The van der Waals surface area contributed by atoms with Gasteiger partial charge in [-0.15, -0.1) is 0 Å². The first kappa shape index (κ1) is 12.7. The van der Waals surface area contributed by atoms with Gasteiger partial charge >= 0.3 is 0 Å². The van der Waals surface area contributed by atoms with Crippen molar-refractivity contribution in [2.24, 2.45) is 0 Å². The van der Waals surface area contributed by atoms with E-state index in [1.807, 2.05) is 0 Å². The molecule has 1 rings (SSSR count). The highest BCUT2D eigenvalue weighted by Crippen LogP contribution is 2.19. The zero-order valence-electron chi connectivity index (χ0n) is 9.40. The van der Waals surface area contributed by atoms with Crippen LogP contribution in [0.4, 0.5) is 4.39 Å². The van der Waals surface area contributed by atoms with Crippen LogP contribution in [0.25, 0.3) is 0 Å². The summed E-state index contributed by atoms with van der Waals surface area (Å²) in [5.41, 5.74) is 1.04. The van der Waals surface area contributed by atoms with E-state index in [-0.39, 0.29) is 11.4 Å². The first-order valence-electron chi connectivity index (χ1n) is 5.13. The number of rotatable bonds is 4. The first-order chi connectivity index (χ1) is 6.94. The van der Waals surface area contributed by atoms with Crippen molar-refractivity contribution in [3.05, 3.63) is 34.1 Å². The highest BCUT2D eigenvalue weighted by atomic mass is 79.9. The second-order valence-electron chi connectivity index (χ2n) is 4.33. The van der Waals surface area contributed by atoms with Crippen molar-refractivity contribution in [1.82, 2.24) is 5.32 Å². The molecular weight excluding hydrogens is 257 g/mol. The molecule has 15 heavy (non-hydrogen) atoms. The lowest BCUT2D eigenvalue weighted by molar-refractivity contribution is 0.374. The van der Waals surface area contributed by atoms with Crippen molar-refractivity contribution in [1.29, 1.82) is 0 Å². The molecule has 0 aliphatic rings. The van der Waals surface area contributed by atoms with Crippen LogP contribution in [0.5, 0.6) is 0 Å². The largest absolute Gasteiger partial charge is 0.308 e. The molecule has 0 bridgehead atoms. The first-order valence-corrected chi connectivity index (χ1v) is 5.93. The molecule has 0 heterocycles. The SMILES string of the molecule is CCC(C)(C)NCc1cc(F)ccc1Br. The molecule has 1 nitrogen and oxygen atoms in total. The van der Waals surface area contributed by atoms with Crippen molar-refractivity contribution >= 4 is 15.9 Å². The topological polar surface area (TPSA) is 12.0 Å². The fraction of sp³-hybridized carbons (Fsp3) is 0.500. The number of halogens is 2. The number of nitrogens with one attached hydrogen (secondary N) is 1. The smallest absolute Gasteiger partial charge is 0.123 e. The van der Waals surface area contributed by atoms with Crippen molar-refractivity contribution in [3.8, 4) is 0 Å². The van der Waals surface area contributed by atoms with Crippen LogP contribution in [0.15, 0.2) is 22.7 Å². The summed E-state index contributed by atoms with van der Waals surface area (Å²) in [6.45, 7) is 7.09. The van der Waals surface area contributed by atoms with Crippen LogP contribution in [-0.2, 0) is 6.54 Å². The molecule has 84 valence electrons. The van der Waals surface area contributed by atoms with Crippen LogP contribution in [0.3, 0.4) is 0 Å². The minimum absolute atomic E-state index is 0.0890. The van der Waals surface area contributed by atoms with Crippen molar-refractivity contribution in [2.75, 3.05) is 0 Å². The van der Waals surface area contributed by atoms with Gasteiger partial charge in [-0.3, -0.25) is 0 Å². The van der Waals surface area contributed by atoms with Gasteiger partial charge < -0.3 is 5.32 Å². The van der Waals surface area contributed by atoms with Gasteiger partial charge in [0.1, 0.15) is 5.82 Å². The molecule has 3 heteroatoms. The van der Waals surface area contributed by atoms with Crippen LogP contribution in [0.2, 0.25) is 0 Å². The van der Waals surface area contributed by atoms with Gasteiger partial charge in [0.15, 0.2) is 0 Å². The average molecular weight is 274 g/mol. The van der Waals surface area contributed by atoms with Gasteiger partial charge in [0, 0.05) is 16.6 Å². The van der Waals surface area contributed by atoms with E-state index in [2.05, 4.69) is 42.0 Å². The summed E-state index contributed by atoms with van der Waals surface area (Å²) in [6.07, 6.45) is 1.04. The van der Waals surface area contributed by atoms with E-state index in [0.717, 1.165) is 16.5 Å². The lowest BCUT2D eigenvalue weighted by atomic mass is 10.0. The lowest BCUT2D eigenvalue weighted by Crippen LogP contribution is -2.37. The predicted molar refractivity (Wildman–Crippen MR) is 65.3 cm³/mol. The molecule has 1 N–H and O–H groups in total. The Morgan fingerprint density at radius 2 is 2.07 bits per heavy atom. The molecule has 0 saturated heterocycles. The van der Waals surface area contributed by atoms with Crippen LogP contribution in [-0.4, -0.2) is 5.54 Å². The molecule has 0 radical (unpaired) electrons. The summed E-state index contributed by atoms with van der Waals surface area (Å²) in [7, 11) is 0. The zero-order valence-corrected chi connectivity index (χ0v) is 11.0. The monoisotopic (exact) mass is 273 g/mol. The van der Waals surface area contributed by atoms with Gasteiger partial charge in [-0.2, -0.15) is 0 Å². The summed E-state index contributed by atoms with van der Waals surface area (Å²) < 4.78 is 13.9. The minimum atomic E-state index is -0.190. The van der Waals surface area contributed by atoms with Crippen molar-refractivity contribution in [2.45, 2.75) is 39.3 Å². The van der Waals surface area contributed by atoms with E-state index in [1.54, 1.807) is 12.1 Å². The Morgan fingerprint density at radius 1 is 1.40 bits per heavy atom. The summed E-state index contributed by atoms with van der Waals surface area (Å²) in [5.74, 6) is -0.190. The molecule has 0 saturated carbocycles. The van der Waals surface area contributed by atoms with E-state index >= 15 is 0 Å². The maximum absolute atomic E-state index is 13.0. The molecule has 0 aromatic heterocycles. The molecule has 0 amide bonds. The van der Waals surface area contributed by atoms with Crippen LogP contribution >= 0.6 is 15.9 Å². The number of hydrogen-bond donors (Lipinski definition) is 1. The third kappa shape index (κ3) is 3.92. The maximum atomic E-state index is 13.0. The molecule has 0 aliphatic heterocycles. The van der Waals surface area contributed by atoms with E-state index in [9.17, 15) is 4.39 Å². The molecule has 0 spiro atoms. The molecule has 0 aliphatic carbocycles. The fourth-order valence-electron chi connectivity index (χ4n) is 1.14. The van der Waals surface area contributed by atoms with Gasteiger partial charge in [-0.05, 0) is 44.0 Å². The van der Waals surface area contributed by atoms with Gasteiger partial charge in [0.25, 0.3) is 0 Å². The Hall–Kier alpha value is -0.410. The molecule has 0 unspecified atom stereocenters. The van der Waals surface area contributed by atoms with Crippen molar-refractivity contribution in [3.63, 3.8) is 0 Å². The van der Waals surface area contributed by atoms with E-state index in [0.29, 0.717) is 6.54 Å². The lowest BCUT2D eigenvalue weighted by Gasteiger charge is -2.24. The standard InChI is InChI=1S/C12H17BrFN/c1-4-12(2,3)15-8-9-7-10(14)5-6-11(9)13/h5-7,15H,4,8H2,1-3H3. The highest BCUT2D eigenvalue weighted by Gasteiger charge is 2.14. The van der Waals surface area contributed by atoms with Gasteiger partial charge in [0.05, 0.1) is 0 Å². The van der Waals surface area contributed by atoms with Crippen LogP contribution in [0.1, 0.15) is 32.8 Å². The highest BCUT2D eigenvalue weighted by molar-refractivity contribution is 9.10. The number of hydrogen-bond acceptors (Lipinski definition) is 1. The van der Waals surface area contributed by atoms with Crippen molar-refractivity contribution < 1.29 is 4.39 Å². The normalized spacial score (nSPS) is 11.8. The summed E-state index contributed by atoms with van der Waals surface area (Å²) in [6, 6.07) is 4.76. The Labute approximate surface area is 99.2 Å². The maximum Gasteiger partial charge on any atom is 0.123 e. The molecule has 1 aromatic carbocycles. The summed E-state index contributed by atoms with van der Waals surface area (Å²) in [4.78, 5) is 0. The number of benzene rings is 1. The quantitative estimate of drug-likeness (QED) is 0.879. The summed E-state index contributed by atoms with van der Waals surface area (Å²) >= 11 is 3.41. The van der Waals surface area contributed by atoms with Gasteiger partial charge in [0.2, 0.25) is 0 Å². The Bertz CT molecular complexity index is 336. The predicted octanol–water partition coefficient (Wildman–Crippen LogP) is 3.87. The fourth-order valence-corrected chi connectivity index (χ4v) is 1.53. The van der Waals surface area contributed by atoms with Gasteiger partial charge in [-0.1, -0.05) is 22.9 Å². The second kappa shape index (κ2) is 5.08. The zero-order chi connectivity index (χ0) is 11.5. The van der Waals surface area contributed by atoms with Crippen LogP contribution in [0, 0.1) is 5.82 Å². The van der Waals surface area contributed by atoms with E-state index < -0.39 is 0 Å². The Kier molecular flexibility index (Phi) is 4.29. The molecule has 0 fully saturated rings. The molecule has 0 atom stereocenters. The average Bonchev–Trinajstić information content (AvgIpc) is 2.20. The Morgan fingerprint density at radius 3 is 2.67 bits per heavy atom. The molecular formula is C12H17BrFN. The summed E-state index contributed by atoms with van der Waals surface area (Å²) in [5, 5.41) is 3.40. The second-order valence-corrected chi connectivity index (χ2v) is 5.18. The third-order valence-corrected chi connectivity index (χ3v) is 3.42. The Balaban J connectivity index is 2.69. The minimum Gasteiger partial charge on any atom is -0.308 e.